The van der Waals surface area contributed by atoms with Crippen LogP contribution in [-0.2, 0) is 15.6 Å². The Morgan fingerprint density at radius 3 is 2.60 bits per heavy atom. The third-order valence-electron chi connectivity index (χ3n) is 6.73. The highest BCUT2D eigenvalue weighted by molar-refractivity contribution is 5.81. The highest BCUT2D eigenvalue weighted by atomic mass is 16.5. The van der Waals surface area contributed by atoms with Gasteiger partial charge in [-0.25, -0.2) is 4.79 Å². The number of allylic oxidation sites excluding steroid dienone is 3. The van der Waals surface area contributed by atoms with Gasteiger partial charge in [0.1, 0.15) is 5.75 Å². The highest BCUT2D eigenvalue weighted by Crippen LogP contribution is 2.57. The van der Waals surface area contributed by atoms with Gasteiger partial charge in [-0.1, -0.05) is 63.3 Å². The lowest BCUT2D eigenvalue weighted by Gasteiger charge is -2.21. The molecular weight excluding hydrogens is 372 g/mol. The van der Waals surface area contributed by atoms with Gasteiger partial charge in [0.2, 0.25) is 0 Å². The van der Waals surface area contributed by atoms with E-state index in [1.165, 1.54) is 33.9 Å². The predicted molar refractivity (Wildman–Crippen MR) is 121 cm³/mol. The average Bonchev–Trinajstić information content (AvgIpc) is 3.25. The number of carboxylic acids is 1. The standard InChI is InChI=1S/C27H30O3/c1-17(12-24(28)29)10-11-19-15-27(19,5)20-13-22(21-9-7-6-8-18(21)2)25-23(14-20)26(3,4)16-30-25/h6-14,19H,15-16H2,1-5H3,(H,28,29)/b11-10+,17-12+/t19-,27+/m1/s1. The van der Waals surface area contributed by atoms with Crippen molar-refractivity contribution in [3.05, 3.63) is 76.9 Å². The Morgan fingerprint density at radius 1 is 1.17 bits per heavy atom. The number of hydrogen-bond acceptors (Lipinski definition) is 2. The molecule has 1 heterocycles. The Morgan fingerprint density at radius 2 is 1.90 bits per heavy atom. The molecule has 0 bridgehead atoms. The SMILES string of the molecule is CC(/C=C/[C@@H]1C[C@]1(C)c1cc(-c2ccccc2C)c2c(c1)C(C)(C)CO2)=C\C(=O)O. The molecule has 0 amide bonds. The molecule has 0 aromatic heterocycles. The fourth-order valence-electron chi connectivity index (χ4n) is 4.54. The van der Waals surface area contributed by atoms with Gasteiger partial charge in [-0.15, -0.1) is 0 Å². The van der Waals surface area contributed by atoms with Gasteiger partial charge in [0.05, 0.1) is 6.61 Å². The maximum atomic E-state index is 10.9. The summed E-state index contributed by atoms with van der Waals surface area (Å²) in [6.07, 6.45) is 6.42. The van der Waals surface area contributed by atoms with Crippen molar-refractivity contribution in [2.24, 2.45) is 5.92 Å². The van der Waals surface area contributed by atoms with Gasteiger partial charge in [-0.3, -0.25) is 0 Å². The Bertz CT molecular complexity index is 1070. The first-order chi connectivity index (χ1) is 14.1. The van der Waals surface area contributed by atoms with E-state index >= 15 is 0 Å². The van der Waals surface area contributed by atoms with Gasteiger partial charge in [-0.05, 0) is 59.9 Å². The van der Waals surface area contributed by atoms with Crippen molar-refractivity contribution in [1.82, 2.24) is 0 Å². The minimum Gasteiger partial charge on any atom is -0.492 e. The molecule has 1 aliphatic heterocycles. The molecule has 3 nitrogen and oxygen atoms in total. The summed E-state index contributed by atoms with van der Waals surface area (Å²) >= 11 is 0. The van der Waals surface area contributed by atoms with Crippen molar-refractivity contribution in [3.8, 4) is 16.9 Å². The van der Waals surface area contributed by atoms with Crippen LogP contribution in [0.5, 0.6) is 5.75 Å². The number of aryl methyl sites for hydroxylation is 1. The molecule has 4 rings (SSSR count). The molecule has 156 valence electrons. The van der Waals surface area contributed by atoms with Gasteiger partial charge in [0, 0.05) is 22.6 Å². The third-order valence-corrected chi connectivity index (χ3v) is 6.73. The van der Waals surface area contributed by atoms with E-state index in [-0.39, 0.29) is 10.8 Å². The molecule has 1 saturated carbocycles. The van der Waals surface area contributed by atoms with Crippen LogP contribution in [0.25, 0.3) is 11.1 Å². The van der Waals surface area contributed by atoms with Crippen molar-refractivity contribution >= 4 is 5.97 Å². The van der Waals surface area contributed by atoms with Crippen LogP contribution in [0.15, 0.2) is 60.2 Å². The number of fused-ring (bicyclic) bond motifs is 1. The van der Waals surface area contributed by atoms with E-state index in [4.69, 9.17) is 9.84 Å². The van der Waals surface area contributed by atoms with Crippen LogP contribution >= 0.6 is 0 Å². The van der Waals surface area contributed by atoms with Crippen molar-refractivity contribution in [1.29, 1.82) is 0 Å². The zero-order valence-electron chi connectivity index (χ0n) is 18.5. The summed E-state index contributed by atoms with van der Waals surface area (Å²) in [5.74, 6) is 0.525. The number of rotatable bonds is 5. The van der Waals surface area contributed by atoms with E-state index in [0.717, 1.165) is 17.7 Å². The maximum absolute atomic E-state index is 10.9. The molecule has 2 atom stereocenters. The summed E-state index contributed by atoms with van der Waals surface area (Å²) in [5, 5.41) is 8.92. The fourth-order valence-corrected chi connectivity index (χ4v) is 4.54. The van der Waals surface area contributed by atoms with E-state index in [0.29, 0.717) is 12.5 Å². The van der Waals surface area contributed by atoms with Gasteiger partial charge in [0.25, 0.3) is 0 Å². The van der Waals surface area contributed by atoms with E-state index < -0.39 is 5.97 Å². The lowest BCUT2D eigenvalue weighted by atomic mass is 9.81. The van der Waals surface area contributed by atoms with Gasteiger partial charge in [0.15, 0.2) is 0 Å². The van der Waals surface area contributed by atoms with Crippen molar-refractivity contribution in [3.63, 3.8) is 0 Å². The quantitative estimate of drug-likeness (QED) is 0.479. The van der Waals surface area contributed by atoms with E-state index in [1.54, 1.807) is 0 Å². The van der Waals surface area contributed by atoms with Crippen LogP contribution in [0.3, 0.4) is 0 Å². The normalized spacial score (nSPS) is 24.6. The van der Waals surface area contributed by atoms with Gasteiger partial charge < -0.3 is 9.84 Å². The minimum absolute atomic E-state index is 0.0137. The summed E-state index contributed by atoms with van der Waals surface area (Å²) in [6.45, 7) is 11.5. The summed E-state index contributed by atoms with van der Waals surface area (Å²) in [6, 6.07) is 13.1. The zero-order chi connectivity index (χ0) is 21.7. The average molecular weight is 403 g/mol. The Labute approximate surface area is 179 Å². The third kappa shape index (κ3) is 3.58. The van der Waals surface area contributed by atoms with Crippen LogP contribution in [0, 0.1) is 12.8 Å². The van der Waals surface area contributed by atoms with E-state index in [1.807, 2.05) is 13.0 Å². The van der Waals surface area contributed by atoms with Crippen LogP contribution in [0.1, 0.15) is 50.8 Å². The topological polar surface area (TPSA) is 46.5 Å². The first kappa shape index (κ1) is 20.5. The number of benzene rings is 2. The first-order valence-electron chi connectivity index (χ1n) is 10.6. The van der Waals surface area contributed by atoms with Crippen LogP contribution < -0.4 is 4.74 Å². The largest absolute Gasteiger partial charge is 0.492 e. The molecule has 0 spiro atoms. The highest BCUT2D eigenvalue weighted by Gasteiger charge is 2.50. The summed E-state index contributed by atoms with van der Waals surface area (Å²) in [7, 11) is 0. The minimum atomic E-state index is -0.903. The van der Waals surface area contributed by atoms with Crippen molar-refractivity contribution in [2.45, 2.75) is 51.9 Å². The first-order valence-corrected chi connectivity index (χ1v) is 10.6. The molecule has 1 N–H and O–H groups in total. The van der Waals surface area contributed by atoms with Crippen molar-refractivity contribution in [2.75, 3.05) is 6.61 Å². The van der Waals surface area contributed by atoms with Gasteiger partial charge in [-0.2, -0.15) is 0 Å². The van der Waals surface area contributed by atoms with Crippen LogP contribution in [-0.4, -0.2) is 17.7 Å². The summed E-state index contributed by atoms with van der Waals surface area (Å²) in [5.41, 5.74) is 7.10. The molecule has 2 aromatic carbocycles. The second-order valence-corrected chi connectivity index (χ2v) is 9.70. The summed E-state index contributed by atoms with van der Waals surface area (Å²) < 4.78 is 6.21. The lowest BCUT2D eigenvalue weighted by molar-refractivity contribution is -0.131. The van der Waals surface area contributed by atoms with E-state index in [2.05, 4.69) is 70.2 Å². The number of ether oxygens (including phenoxy) is 1. The van der Waals surface area contributed by atoms with Crippen LogP contribution in [0.2, 0.25) is 0 Å². The fraction of sp³-hybridized carbons (Fsp3) is 0.370. The molecule has 0 unspecified atom stereocenters. The molecule has 3 heteroatoms. The molecule has 0 saturated heterocycles. The molecular formula is C27H30O3. The Kier molecular flexibility index (Phi) is 4.88. The number of carbonyl (C=O) groups is 1. The second-order valence-electron chi connectivity index (χ2n) is 9.70. The lowest BCUT2D eigenvalue weighted by Crippen LogP contribution is -2.18. The zero-order valence-corrected chi connectivity index (χ0v) is 18.5. The monoisotopic (exact) mass is 402 g/mol. The smallest absolute Gasteiger partial charge is 0.328 e. The molecule has 0 radical (unpaired) electrons. The molecule has 1 aliphatic carbocycles. The van der Waals surface area contributed by atoms with Crippen molar-refractivity contribution < 1.29 is 14.6 Å². The van der Waals surface area contributed by atoms with E-state index in [9.17, 15) is 4.79 Å². The second kappa shape index (κ2) is 7.16. The Hall–Kier alpha value is -2.81. The molecule has 30 heavy (non-hydrogen) atoms. The Balaban J connectivity index is 1.76. The molecule has 2 aliphatic rings. The predicted octanol–water partition coefficient (Wildman–Crippen LogP) is 6.20. The summed E-state index contributed by atoms with van der Waals surface area (Å²) in [4.78, 5) is 10.9. The van der Waals surface area contributed by atoms with Gasteiger partial charge >= 0.3 is 5.97 Å². The van der Waals surface area contributed by atoms with Crippen LogP contribution in [0.4, 0.5) is 0 Å². The maximum Gasteiger partial charge on any atom is 0.328 e. The number of hydrogen-bond donors (Lipinski definition) is 1. The number of carboxylic acid groups (broad SMARTS) is 1. The molecule has 2 aromatic rings. The molecule has 1 fully saturated rings. The number of aliphatic carboxylic acids is 1.